The Hall–Kier alpha value is -1.64. The van der Waals surface area contributed by atoms with Crippen LogP contribution in [0.5, 0.6) is 0 Å². The first-order valence-corrected chi connectivity index (χ1v) is 3.46. The van der Waals surface area contributed by atoms with Gasteiger partial charge < -0.3 is 0 Å². The highest BCUT2D eigenvalue weighted by Gasteiger charge is 2.06. The van der Waals surface area contributed by atoms with Crippen molar-refractivity contribution in [2.75, 3.05) is 0 Å². The molecule has 3 heterocycles. The Morgan fingerprint density at radius 3 is 3.36 bits per heavy atom. The summed E-state index contributed by atoms with van der Waals surface area (Å²) in [6, 6.07) is 6.14. The van der Waals surface area contributed by atoms with E-state index in [-0.39, 0.29) is 0 Å². The van der Waals surface area contributed by atoms with Gasteiger partial charge >= 0.3 is 0 Å². The zero-order valence-corrected chi connectivity index (χ0v) is 5.73. The predicted octanol–water partition coefficient (Wildman–Crippen LogP) is 0.625. The molecule has 3 rings (SSSR count). The fourth-order valence-electron chi connectivity index (χ4n) is 1.41. The molecule has 0 unspecified atom stereocenters. The number of rotatable bonds is 0. The van der Waals surface area contributed by atoms with Crippen molar-refractivity contribution in [3.8, 4) is 0 Å². The van der Waals surface area contributed by atoms with Crippen molar-refractivity contribution in [3.05, 3.63) is 35.4 Å². The zero-order chi connectivity index (χ0) is 7.26. The molecule has 0 saturated carbocycles. The smallest absolute Gasteiger partial charge is 0.168 e. The van der Waals surface area contributed by atoms with Gasteiger partial charge in [-0.3, -0.25) is 4.40 Å². The third-order valence-electron chi connectivity index (χ3n) is 1.92. The van der Waals surface area contributed by atoms with Crippen LogP contribution in [0.3, 0.4) is 0 Å². The number of aromatic nitrogens is 1. The van der Waals surface area contributed by atoms with Crippen LogP contribution in [0.1, 0.15) is 5.56 Å². The lowest BCUT2D eigenvalue weighted by Gasteiger charge is -1.79. The molecule has 52 valence electrons. The molecular weight excluding hydrogens is 138 g/mol. The van der Waals surface area contributed by atoms with E-state index < -0.39 is 0 Å². The maximum absolute atomic E-state index is 3.99. The van der Waals surface area contributed by atoms with Crippen LogP contribution in [-0.2, 0) is 0 Å². The first-order chi connectivity index (χ1) is 5.45. The molecule has 0 spiro atoms. The molecule has 2 aromatic rings. The maximum atomic E-state index is 3.99. The summed E-state index contributed by atoms with van der Waals surface area (Å²) < 4.78 is 2.03. The fourth-order valence-corrected chi connectivity index (χ4v) is 1.41. The normalized spacial score (nSPS) is 13.8. The summed E-state index contributed by atoms with van der Waals surface area (Å²) in [6.45, 7) is 0. The Kier molecular flexibility index (Phi) is 0.692. The summed E-state index contributed by atoms with van der Waals surface area (Å²) in [5.41, 5.74) is 3.25. The predicted molar refractivity (Wildman–Crippen MR) is 41.7 cm³/mol. The van der Waals surface area contributed by atoms with Gasteiger partial charge in [-0.2, -0.15) is 5.10 Å². The van der Waals surface area contributed by atoms with Gasteiger partial charge in [-0.25, -0.2) is 0 Å². The average molecular weight is 143 g/mol. The van der Waals surface area contributed by atoms with Crippen LogP contribution in [0.4, 0.5) is 0 Å². The number of hydrogen-bond donors (Lipinski definition) is 0. The third-order valence-corrected chi connectivity index (χ3v) is 1.92. The van der Waals surface area contributed by atoms with E-state index in [9.17, 15) is 0 Å². The van der Waals surface area contributed by atoms with Crippen LogP contribution in [0, 0.1) is 0 Å². The van der Waals surface area contributed by atoms with E-state index in [4.69, 9.17) is 0 Å². The van der Waals surface area contributed by atoms with Crippen molar-refractivity contribution in [1.29, 1.82) is 0 Å². The molecule has 0 bridgehead atoms. The molecule has 0 aromatic carbocycles. The van der Waals surface area contributed by atoms with Crippen LogP contribution in [0.25, 0.3) is 5.52 Å². The van der Waals surface area contributed by atoms with Crippen LogP contribution < -0.4 is 5.49 Å². The second-order valence-electron chi connectivity index (χ2n) is 2.57. The van der Waals surface area contributed by atoms with E-state index in [2.05, 4.69) is 22.3 Å². The topological polar surface area (TPSA) is 29.1 Å². The van der Waals surface area contributed by atoms with Gasteiger partial charge in [0.15, 0.2) is 5.49 Å². The largest absolute Gasteiger partial charge is 0.300 e. The Balaban J connectivity index is 2.68. The fraction of sp³-hybridized carbons (Fsp3) is 0. The highest BCUT2D eigenvalue weighted by Crippen LogP contribution is 2.05. The van der Waals surface area contributed by atoms with Crippen LogP contribution >= 0.6 is 0 Å². The summed E-state index contributed by atoms with van der Waals surface area (Å²) in [5, 5.41) is 7.81. The van der Waals surface area contributed by atoms with Gasteiger partial charge in [0.05, 0.1) is 6.21 Å². The highest BCUT2D eigenvalue weighted by atomic mass is 15.2. The molecule has 0 fully saturated rings. The molecule has 2 aromatic heterocycles. The summed E-state index contributed by atoms with van der Waals surface area (Å²) in [6.07, 6.45) is 3.77. The summed E-state index contributed by atoms with van der Waals surface area (Å²) in [7, 11) is 0. The molecule has 0 atom stereocenters. The Morgan fingerprint density at radius 2 is 2.36 bits per heavy atom. The third kappa shape index (κ3) is 0.487. The minimum absolute atomic E-state index is 0.949. The molecule has 0 radical (unpaired) electrons. The van der Waals surface area contributed by atoms with Crippen molar-refractivity contribution in [2.24, 2.45) is 10.2 Å². The van der Waals surface area contributed by atoms with Gasteiger partial charge in [-0.05, 0) is 18.2 Å². The Bertz CT molecular complexity index is 493. The Morgan fingerprint density at radius 1 is 1.36 bits per heavy atom. The summed E-state index contributed by atoms with van der Waals surface area (Å²) >= 11 is 0. The zero-order valence-electron chi connectivity index (χ0n) is 5.73. The second kappa shape index (κ2) is 1.50. The average Bonchev–Trinajstić information content (AvgIpc) is 2.52. The highest BCUT2D eigenvalue weighted by molar-refractivity contribution is 5.83. The molecule has 0 amide bonds. The van der Waals surface area contributed by atoms with Crippen molar-refractivity contribution in [2.45, 2.75) is 0 Å². The quantitative estimate of drug-likeness (QED) is 0.517. The van der Waals surface area contributed by atoms with Crippen LogP contribution in [0.2, 0.25) is 0 Å². The van der Waals surface area contributed by atoms with E-state index in [1.165, 1.54) is 5.52 Å². The van der Waals surface area contributed by atoms with Crippen molar-refractivity contribution >= 4 is 11.7 Å². The van der Waals surface area contributed by atoms with E-state index in [1.807, 2.05) is 16.7 Å². The number of hydrogen-bond acceptors (Lipinski definition) is 2. The Labute approximate surface area is 62.7 Å². The minimum Gasteiger partial charge on any atom is -0.300 e. The van der Waals surface area contributed by atoms with Gasteiger partial charge in [0.1, 0.15) is 0 Å². The van der Waals surface area contributed by atoms with Crippen molar-refractivity contribution in [3.63, 3.8) is 0 Å². The lowest BCUT2D eigenvalue weighted by molar-refractivity contribution is 1.04. The van der Waals surface area contributed by atoms with E-state index >= 15 is 0 Å². The first-order valence-electron chi connectivity index (χ1n) is 3.46. The van der Waals surface area contributed by atoms with Crippen molar-refractivity contribution < 1.29 is 0 Å². The lowest BCUT2D eigenvalue weighted by atomic mass is 10.3. The SMILES string of the molecule is C1=NN=c2c1cc1cccn21. The number of fused-ring (bicyclic) bond motifs is 3. The van der Waals surface area contributed by atoms with Crippen molar-refractivity contribution in [1.82, 2.24) is 4.40 Å². The van der Waals surface area contributed by atoms with E-state index in [0.29, 0.717) is 0 Å². The van der Waals surface area contributed by atoms with Gasteiger partial charge in [-0.15, -0.1) is 5.10 Å². The number of nitrogens with zero attached hydrogens (tertiary/aromatic N) is 3. The summed E-state index contributed by atoms with van der Waals surface area (Å²) in [5.74, 6) is 0. The maximum Gasteiger partial charge on any atom is 0.168 e. The molecular formula is C8H5N3. The van der Waals surface area contributed by atoms with Gasteiger partial charge in [0, 0.05) is 17.3 Å². The summed E-state index contributed by atoms with van der Waals surface area (Å²) in [4.78, 5) is 0. The van der Waals surface area contributed by atoms with E-state index in [1.54, 1.807) is 6.21 Å². The van der Waals surface area contributed by atoms with Crippen LogP contribution in [-0.4, -0.2) is 10.6 Å². The molecule has 1 aliphatic heterocycles. The molecule has 0 N–H and O–H groups in total. The van der Waals surface area contributed by atoms with Gasteiger partial charge in [-0.1, -0.05) is 0 Å². The first kappa shape index (κ1) is 5.07. The second-order valence-corrected chi connectivity index (χ2v) is 2.57. The monoisotopic (exact) mass is 143 g/mol. The minimum atomic E-state index is 0.949. The lowest BCUT2D eigenvalue weighted by Crippen LogP contribution is -2.07. The molecule has 11 heavy (non-hydrogen) atoms. The molecule has 1 aliphatic rings. The molecule has 3 heteroatoms. The van der Waals surface area contributed by atoms with E-state index in [0.717, 1.165) is 11.1 Å². The van der Waals surface area contributed by atoms with Crippen LogP contribution in [0.15, 0.2) is 34.6 Å². The molecule has 0 saturated heterocycles. The van der Waals surface area contributed by atoms with Gasteiger partial charge in [0.25, 0.3) is 0 Å². The van der Waals surface area contributed by atoms with Gasteiger partial charge in [0.2, 0.25) is 0 Å². The molecule has 3 nitrogen and oxygen atoms in total. The standard InChI is InChI=1S/C8H5N3/c1-2-7-4-6-5-9-10-8(6)11(7)3-1/h1-5H. The molecule has 0 aliphatic carbocycles.